The van der Waals surface area contributed by atoms with Gasteiger partial charge in [0.25, 0.3) is 0 Å². The predicted molar refractivity (Wildman–Crippen MR) is 93.1 cm³/mol. The lowest BCUT2D eigenvalue weighted by atomic mass is 9.91. The summed E-state index contributed by atoms with van der Waals surface area (Å²) in [5.41, 5.74) is 0. The van der Waals surface area contributed by atoms with Crippen LogP contribution in [0.2, 0.25) is 18.1 Å². The summed E-state index contributed by atoms with van der Waals surface area (Å²) < 4.78 is 11.4. The van der Waals surface area contributed by atoms with E-state index in [0.717, 1.165) is 0 Å². The monoisotopic (exact) mass is 357 g/mol. The van der Waals surface area contributed by atoms with Crippen LogP contribution in [0.3, 0.4) is 0 Å². The van der Waals surface area contributed by atoms with E-state index < -0.39 is 20.5 Å². The summed E-state index contributed by atoms with van der Waals surface area (Å²) in [5.74, 6) is -0.339. The number of hydrogen-bond donors (Lipinski definition) is 1. The van der Waals surface area contributed by atoms with Gasteiger partial charge in [-0.2, -0.15) is 5.11 Å². The Kier molecular flexibility index (Phi) is 5.71. The van der Waals surface area contributed by atoms with Crippen molar-refractivity contribution in [1.82, 2.24) is 5.01 Å². The molecule has 7 nitrogen and oxygen atoms in total. The van der Waals surface area contributed by atoms with E-state index in [2.05, 4.69) is 44.2 Å². The van der Waals surface area contributed by atoms with Crippen molar-refractivity contribution in [3.63, 3.8) is 0 Å². The summed E-state index contributed by atoms with van der Waals surface area (Å²) in [6.07, 6.45) is 0.771. The van der Waals surface area contributed by atoms with Crippen LogP contribution >= 0.6 is 0 Å². The number of piperidine rings is 1. The van der Waals surface area contributed by atoms with Crippen LogP contribution in [0.15, 0.2) is 10.3 Å². The van der Waals surface area contributed by atoms with Crippen molar-refractivity contribution in [3.8, 4) is 0 Å². The van der Waals surface area contributed by atoms with E-state index in [4.69, 9.17) is 9.16 Å². The maximum Gasteiger partial charge on any atom is 0.335 e. The van der Waals surface area contributed by atoms with Gasteiger partial charge in [-0.25, -0.2) is 4.79 Å². The molecule has 0 bridgehead atoms. The zero-order valence-corrected chi connectivity index (χ0v) is 16.7. The highest BCUT2D eigenvalue weighted by molar-refractivity contribution is 6.74. The standard InChI is InChI=1S/C16H31N3O4Si/c1-7-22-15(21)14-11-8-9-13(20)12(19(11)18-17-14)10-23-24(5,6)16(2,3)4/h11-14,20H,7-10H2,1-6H3/t11-,12+,13-,14+/m0/s1. The van der Waals surface area contributed by atoms with Crippen LogP contribution in [-0.2, 0) is 14.0 Å². The number of hydrogen-bond acceptors (Lipinski definition) is 7. The Morgan fingerprint density at radius 2 is 2.00 bits per heavy atom. The van der Waals surface area contributed by atoms with Gasteiger partial charge in [0, 0.05) is 0 Å². The van der Waals surface area contributed by atoms with Crippen molar-refractivity contribution < 1.29 is 19.1 Å². The maximum absolute atomic E-state index is 12.0. The summed E-state index contributed by atoms with van der Waals surface area (Å²) in [4.78, 5) is 12.0. The number of fused-ring (bicyclic) bond motifs is 1. The molecule has 0 aromatic heterocycles. The topological polar surface area (TPSA) is 83.7 Å². The van der Waals surface area contributed by atoms with Crippen molar-refractivity contribution >= 4 is 14.3 Å². The molecule has 2 aliphatic rings. The van der Waals surface area contributed by atoms with Gasteiger partial charge in [0.2, 0.25) is 0 Å². The van der Waals surface area contributed by atoms with E-state index in [1.54, 1.807) is 11.9 Å². The molecule has 0 amide bonds. The molecule has 4 atom stereocenters. The lowest BCUT2D eigenvalue weighted by Gasteiger charge is -2.42. The Bertz CT molecular complexity index is 492. The summed E-state index contributed by atoms with van der Waals surface area (Å²) in [6.45, 7) is 13.4. The number of carbonyl (C=O) groups is 1. The fourth-order valence-electron chi connectivity index (χ4n) is 2.85. The third-order valence-electron chi connectivity index (χ3n) is 5.47. The van der Waals surface area contributed by atoms with Crippen molar-refractivity contribution in [2.45, 2.75) is 82.9 Å². The maximum atomic E-state index is 12.0. The molecule has 1 N–H and O–H groups in total. The smallest absolute Gasteiger partial charge is 0.335 e. The molecule has 0 radical (unpaired) electrons. The van der Waals surface area contributed by atoms with Gasteiger partial charge in [-0.15, -0.1) is 0 Å². The Morgan fingerprint density at radius 3 is 2.58 bits per heavy atom. The predicted octanol–water partition coefficient (Wildman–Crippen LogP) is 2.51. The second kappa shape index (κ2) is 7.09. The molecule has 24 heavy (non-hydrogen) atoms. The zero-order valence-electron chi connectivity index (χ0n) is 15.7. The molecule has 2 aliphatic heterocycles. The van der Waals surface area contributed by atoms with Gasteiger partial charge in [-0.3, -0.25) is 5.01 Å². The number of aliphatic hydroxyl groups excluding tert-OH is 1. The first kappa shape index (κ1) is 19.3. The minimum absolute atomic E-state index is 0.103. The van der Waals surface area contributed by atoms with E-state index in [9.17, 15) is 9.90 Å². The van der Waals surface area contributed by atoms with Crippen LogP contribution < -0.4 is 0 Å². The number of esters is 1. The van der Waals surface area contributed by atoms with Crippen LogP contribution in [0.5, 0.6) is 0 Å². The van der Waals surface area contributed by atoms with Gasteiger partial charge in [-0.05, 0) is 37.9 Å². The molecule has 0 aromatic rings. The van der Waals surface area contributed by atoms with Crippen molar-refractivity contribution in [2.24, 2.45) is 10.3 Å². The first-order chi connectivity index (χ1) is 11.1. The van der Waals surface area contributed by atoms with Crippen LogP contribution in [0.25, 0.3) is 0 Å². The zero-order chi connectivity index (χ0) is 18.1. The summed E-state index contributed by atoms with van der Waals surface area (Å²) in [7, 11) is -1.92. The average molecular weight is 358 g/mol. The van der Waals surface area contributed by atoms with E-state index in [0.29, 0.717) is 26.1 Å². The molecule has 138 valence electrons. The lowest BCUT2D eigenvalue weighted by Crippen LogP contribution is -2.56. The molecule has 1 saturated heterocycles. The molecule has 0 aliphatic carbocycles. The van der Waals surface area contributed by atoms with Gasteiger partial charge < -0.3 is 14.3 Å². The fourth-order valence-corrected chi connectivity index (χ4v) is 3.87. The molecule has 2 heterocycles. The molecular formula is C16H31N3O4Si. The number of nitrogens with zero attached hydrogens (tertiary/aromatic N) is 3. The molecule has 0 aromatic carbocycles. The van der Waals surface area contributed by atoms with E-state index in [1.165, 1.54) is 0 Å². The van der Waals surface area contributed by atoms with E-state index >= 15 is 0 Å². The van der Waals surface area contributed by atoms with Crippen LogP contribution in [0, 0.1) is 0 Å². The highest BCUT2D eigenvalue weighted by atomic mass is 28.4. The van der Waals surface area contributed by atoms with E-state index in [-0.39, 0.29) is 23.1 Å². The van der Waals surface area contributed by atoms with E-state index in [1.807, 2.05) is 0 Å². The largest absolute Gasteiger partial charge is 0.464 e. The normalized spacial score (nSPS) is 30.4. The summed E-state index contributed by atoms with van der Waals surface area (Å²) in [5, 5.41) is 20.6. The lowest BCUT2D eigenvalue weighted by molar-refractivity contribution is -0.146. The molecule has 2 rings (SSSR count). The molecule has 8 heteroatoms. The van der Waals surface area contributed by atoms with Gasteiger partial charge in [0.05, 0.1) is 31.4 Å². The molecule has 1 fully saturated rings. The summed E-state index contributed by atoms with van der Waals surface area (Å²) >= 11 is 0. The van der Waals surface area contributed by atoms with Crippen molar-refractivity contribution in [3.05, 3.63) is 0 Å². The number of carbonyl (C=O) groups excluding carboxylic acids is 1. The highest BCUT2D eigenvalue weighted by Crippen LogP contribution is 2.38. The van der Waals surface area contributed by atoms with Gasteiger partial charge in [0.15, 0.2) is 14.4 Å². The number of aliphatic hydroxyl groups is 1. The van der Waals surface area contributed by atoms with Crippen LogP contribution in [0.4, 0.5) is 0 Å². The first-order valence-corrected chi connectivity index (χ1v) is 11.7. The van der Waals surface area contributed by atoms with Gasteiger partial charge >= 0.3 is 5.97 Å². The third-order valence-corrected chi connectivity index (χ3v) is 9.98. The van der Waals surface area contributed by atoms with Crippen molar-refractivity contribution in [1.29, 1.82) is 0 Å². The Hall–Kier alpha value is -0.993. The van der Waals surface area contributed by atoms with Crippen LogP contribution in [-0.4, -0.2) is 61.8 Å². The Balaban J connectivity index is 2.06. The van der Waals surface area contributed by atoms with Gasteiger partial charge in [0.1, 0.15) is 0 Å². The highest BCUT2D eigenvalue weighted by Gasteiger charge is 2.48. The summed E-state index contributed by atoms with van der Waals surface area (Å²) in [6, 6.07) is -0.991. The van der Waals surface area contributed by atoms with Crippen LogP contribution in [0.1, 0.15) is 40.5 Å². The second-order valence-corrected chi connectivity index (χ2v) is 12.9. The fraction of sp³-hybridized carbons (Fsp3) is 0.938. The second-order valence-electron chi connectivity index (χ2n) is 8.13. The minimum Gasteiger partial charge on any atom is -0.464 e. The first-order valence-electron chi connectivity index (χ1n) is 8.76. The molecule has 0 saturated carbocycles. The Morgan fingerprint density at radius 1 is 1.33 bits per heavy atom. The number of ether oxygens (including phenoxy) is 1. The average Bonchev–Trinajstić information content (AvgIpc) is 2.89. The molecule has 0 unspecified atom stereocenters. The third kappa shape index (κ3) is 3.81. The van der Waals surface area contributed by atoms with Crippen molar-refractivity contribution in [2.75, 3.05) is 13.2 Å². The molecular weight excluding hydrogens is 326 g/mol. The Labute approximate surface area is 145 Å². The molecule has 0 spiro atoms. The number of rotatable bonds is 5. The van der Waals surface area contributed by atoms with Gasteiger partial charge in [-0.1, -0.05) is 26.0 Å². The quantitative estimate of drug-likeness (QED) is 0.604. The SMILES string of the molecule is CCOC(=O)[C@@H]1N=NN2[C@H](CO[Si](C)(C)C(C)(C)C)[C@@H](O)CC[C@@H]12. The minimum atomic E-state index is -1.92.